The fraction of sp³-hybridized carbons (Fsp3) is 0.444. The predicted molar refractivity (Wildman–Crippen MR) is 92.1 cm³/mol. The van der Waals surface area contributed by atoms with E-state index in [1.165, 1.54) is 6.07 Å². The highest BCUT2D eigenvalue weighted by Gasteiger charge is 2.27. The van der Waals surface area contributed by atoms with E-state index >= 15 is 0 Å². The van der Waals surface area contributed by atoms with Gasteiger partial charge >= 0.3 is 6.03 Å². The normalized spacial score (nSPS) is 12.5. The number of nitrogens with one attached hydrogen (secondary N) is 1. The zero-order chi connectivity index (χ0) is 18.7. The number of imidazole rings is 1. The largest absolute Gasteiger partial charge is 0.336 e. The fourth-order valence-electron chi connectivity index (χ4n) is 2.91. The second kappa shape index (κ2) is 7.63. The molecule has 25 heavy (non-hydrogen) atoms. The van der Waals surface area contributed by atoms with E-state index in [9.17, 15) is 13.6 Å². The van der Waals surface area contributed by atoms with Gasteiger partial charge in [0.15, 0.2) is 11.6 Å². The maximum atomic E-state index is 13.7. The first-order valence-electron chi connectivity index (χ1n) is 8.23. The van der Waals surface area contributed by atoms with E-state index in [2.05, 4.69) is 10.3 Å². The number of carbonyl (C=O) groups excluding carboxylic acids is 1. The lowest BCUT2D eigenvalue weighted by Crippen LogP contribution is -2.49. The molecule has 0 fully saturated rings. The van der Waals surface area contributed by atoms with Gasteiger partial charge in [0.25, 0.3) is 0 Å². The van der Waals surface area contributed by atoms with Crippen molar-refractivity contribution in [3.8, 4) is 0 Å². The van der Waals surface area contributed by atoms with E-state index in [0.29, 0.717) is 11.4 Å². The summed E-state index contributed by atoms with van der Waals surface area (Å²) in [5.74, 6) is -1.36. The maximum Gasteiger partial charge on any atom is 0.318 e. The average Bonchev–Trinajstić information content (AvgIpc) is 2.93. The van der Waals surface area contributed by atoms with Crippen LogP contribution < -0.4 is 5.32 Å². The minimum absolute atomic E-state index is 0.00743. The Kier molecular flexibility index (Phi) is 5.77. The minimum Gasteiger partial charge on any atom is -0.336 e. The van der Waals surface area contributed by atoms with Crippen LogP contribution in [0.5, 0.6) is 0 Å². The van der Waals surface area contributed by atoms with Gasteiger partial charge in [-0.25, -0.2) is 18.6 Å². The first-order chi connectivity index (χ1) is 11.7. The van der Waals surface area contributed by atoms with Crippen molar-refractivity contribution in [1.82, 2.24) is 19.8 Å². The molecule has 1 aromatic heterocycles. The number of aromatic nitrogens is 2. The number of aryl methyl sites for hydroxylation is 1. The standard InChI is InChI=1S/C18H24F2N4O/c1-11(2)24(12(3)4)18(25)22-16(17-21-8-9-23(17)5)13-6-7-14(19)15(20)10-13/h6-12,16H,1-5H3,(H,22,25)/t16-/m1/s1. The summed E-state index contributed by atoms with van der Waals surface area (Å²) in [5, 5.41) is 2.90. The molecule has 136 valence electrons. The summed E-state index contributed by atoms with van der Waals surface area (Å²) in [6.45, 7) is 7.69. The van der Waals surface area contributed by atoms with Gasteiger partial charge in [-0.2, -0.15) is 0 Å². The molecule has 7 heteroatoms. The van der Waals surface area contributed by atoms with Gasteiger partial charge in [0.1, 0.15) is 11.9 Å². The fourth-order valence-corrected chi connectivity index (χ4v) is 2.91. The third-order valence-corrected chi connectivity index (χ3v) is 4.01. The number of hydrogen-bond donors (Lipinski definition) is 1. The molecule has 1 heterocycles. The summed E-state index contributed by atoms with van der Waals surface area (Å²) in [6, 6.07) is 2.59. The van der Waals surface area contributed by atoms with E-state index in [4.69, 9.17) is 0 Å². The van der Waals surface area contributed by atoms with Crippen molar-refractivity contribution in [2.75, 3.05) is 0 Å². The first-order valence-corrected chi connectivity index (χ1v) is 8.23. The summed E-state index contributed by atoms with van der Waals surface area (Å²) >= 11 is 0. The molecule has 1 N–H and O–H groups in total. The van der Waals surface area contributed by atoms with Crippen LogP contribution in [0, 0.1) is 11.6 Å². The molecule has 0 radical (unpaired) electrons. The van der Waals surface area contributed by atoms with Crippen LogP contribution in [0.25, 0.3) is 0 Å². The van der Waals surface area contributed by atoms with Gasteiger partial charge in [-0.15, -0.1) is 0 Å². The van der Waals surface area contributed by atoms with Crippen molar-refractivity contribution in [2.45, 2.75) is 45.8 Å². The lowest BCUT2D eigenvalue weighted by Gasteiger charge is -2.32. The molecule has 1 aromatic carbocycles. The second-order valence-electron chi connectivity index (χ2n) is 6.55. The van der Waals surface area contributed by atoms with E-state index < -0.39 is 17.7 Å². The molecule has 1 atom stereocenters. The number of halogens is 2. The molecule has 0 spiro atoms. The Morgan fingerprint density at radius 3 is 2.28 bits per heavy atom. The molecule has 0 unspecified atom stereocenters. The van der Waals surface area contributed by atoms with Gasteiger partial charge < -0.3 is 14.8 Å². The molecule has 0 aliphatic rings. The van der Waals surface area contributed by atoms with Crippen molar-refractivity contribution >= 4 is 6.03 Å². The van der Waals surface area contributed by atoms with Crippen LogP contribution in [0.4, 0.5) is 13.6 Å². The summed E-state index contributed by atoms with van der Waals surface area (Å²) in [4.78, 5) is 18.7. The number of carbonyl (C=O) groups is 1. The Morgan fingerprint density at radius 1 is 1.16 bits per heavy atom. The highest BCUT2D eigenvalue weighted by Crippen LogP contribution is 2.23. The maximum absolute atomic E-state index is 13.7. The lowest BCUT2D eigenvalue weighted by molar-refractivity contribution is 0.162. The van der Waals surface area contributed by atoms with E-state index in [0.717, 1.165) is 12.1 Å². The molecule has 0 saturated heterocycles. The van der Waals surface area contributed by atoms with E-state index in [1.807, 2.05) is 27.7 Å². The molecule has 2 aromatic rings. The van der Waals surface area contributed by atoms with E-state index in [1.54, 1.807) is 28.9 Å². The Bertz CT molecular complexity index is 734. The molecule has 0 saturated carbocycles. The molecule has 2 amide bonds. The highest BCUT2D eigenvalue weighted by atomic mass is 19.2. The summed E-state index contributed by atoms with van der Waals surface area (Å²) < 4.78 is 28.7. The van der Waals surface area contributed by atoms with Crippen molar-refractivity contribution in [3.05, 3.63) is 53.6 Å². The zero-order valence-electron chi connectivity index (χ0n) is 15.1. The van der Waals surface area contributed by atoms with Crippen LogP contribution in [-0.2, 0) is 7.05 Å². The molecule has 0 aliphatic carbocycles. The number of rotatable bonds is 5. The Morgan fingerprint density at radius 2 is 1.80 bits per heavy atom. The summed E-state index contributed by atoms with van der Waals surface area (Å²) in [5.41, 5.74) is 0.425. The molecule has 0 aliphatic heterocycles. The van der Waals surface area contributed by atoms with Crippen molar-refractivity contribution < 1.29 is 13.6 Å². The van der Waals surface area contributed by atoms with E-state index in [-0.39, 0.29) is 18.1 Å². The van der Waals surface area contributed by atoms with Crippen LogP contribution in [0.3, 0.4) is 0 Å². The topological polar surface area (TPSA) is 50.2 Å². The lowest BCUT2D eigenvalue weighted by atomic mass is 10.1. The second-order valence-corrected chi connectivity index (χ2v) is 6.55. The predicted octanol–water partition coefficient (Wildman–Crippen LogP) is 3.62. The smallest absolute Gasteiger partial charge is 0.318 e. The molecular weight excluding hydrogens is 326 g/mol. The number of nitrogens with zero attached hydrogens (tertiary/aromatic N) is 3. The van der Waals surface area contributed by atoms with Gasteiger partial charge in [0.05, 0.1) is 0 Å². The van der Waals surface area contributed by atoms with Crippen LogP contribution in [0.1, 0.15) is 45.1 Å². The molecule has 0 bridgehead atoms. The Balaban J connectivity index is 2.41. The monoisotopic (exact) mass is 350 g/mol. The highest BCUT2D eigenvalue weighted by molar-refractivity contribution is 5.75. The van der Waals surface area contributed by atoms with Crippen molar-refractivity contribution in [1.29, 1.82) is 0 Å². The minimum atomic E-state index is -0.962. The van der Waals surface area contributed by atoms with Gasteiger partial charge in [-0.3, -0.25) is 0 Å². The van der Waals surface area contributed by atoms with Crippen molar-refractivity contribution in [3.63, 3.8) is 0 Å². The summed E-state index contributed by atoms with van der Waals surface area (Å²) in [6.07, 6.45) is 3.33. The number of benzene rings is 1. The number of amides is 2. The average molecular weight is 350 g/mol. The third kappa shape index (κ3) is 4.15. The zero-order valence-corrected chi connectivity index (χ0v) is 15.1. The SMILES string of the molecule is CC(C)N(C(=O)N[C@H](c1ccc(F)c(F)c1)c1nccn1C)C(C)C. The third-order valence-electron chi connectivity index (χ3n) is 4.01. The Hall–Kier alpha value is -2.44. The van der Waals surface area contributed by atoms with Crippen LogP contribution in [0.15, 0.2) is 30.6 Å². The van der Waals surface area contributed by atoms with Crippen LogP contribution >= 0.6 is 0 Å². The van der Waals surface area contributed by atoms with Gasteiger partial charge in [-0.05, 0) is 45.4 Å². The molecule has 2 rings (SSSR count). The van der Waals surface area contributed by atoms with Gasteiger partial charge in [0.2, 0.25) is 0 Å². The molecular formula is C18H24F2N4O. The number of urea groups is 1. The first kappa shape index (κ1) is 18.9. The van der Waals surface area contributed by atoms with Crippen molar-refractivity contribution in [2.24, 2.45) is 7.05 Å². The number of hydrogen-bond acceptors (Lipinski definition) is 2. The molecule has 5 nitrogen and oxygen atoms in total. The van der Waals surface area contributed by atoms with Gasteiger partial charge in [0, 0.05) is 31.5 Å². The quantitative estimate of drug-likeness (QED) is 0.895. The van der Waals surface area contributed by atoms with Gasteiger partial charge in [-0.1, -0.05) is 6.07 Å². The van der Waals surface area contributed by atoms with Crippen LogP contribution in [-0.4, -0.2) is 32.6 Å². The van der Waals surface area contributed by atoms with Crippen LogP contribution in [0.2, 0.25) is 0 Å². The Labute approximate surface area is 146 Å². The summed E-state index contributed by atoms with van der Waals surface area (Å²) in [7, 11) is 1.78.